The van der Waals surface area contributed by atoms with E-state index in [-0.39, 0.29) is 13.2 Å². The summed E-state index contributed by atoms with van der Waals surface area (Å²) in [6, 6.07) is 9.82. The topological polar surface area (TPSA) is 46.6 Å². The number of ether oxygens (including phenoxy) is 1. The van der Waals surface area contributed by atoms with E-state index in [4.69, 9.17) is 39.5 Å². The third kappa shape index (κ3) is 3.02. The molecule has 0 radical (unpaired) electrons. The van der Waals surface area contributed by atoms with Crippen molar-refractivity contribution >= 4 is 52.2 Å². The van der Waals surface area contributed by atoms with Crippen LogP contribution < -0.4 is 9.64 Å². The number of hydrogen-bond acceptors (Lipinski definition) is 3. The Kier molecular flexibility index (Phi) is 4.48. The number of Topliss-reactive ketones (excluding diaryl/α,β-unsaturated/α-hetero) is 1. The Morgan fingerprint density at radius 2 is 1.83 bits per heavy atom. The van der Waals surface area contributed by atoms with E-state index in [1.807, 2.05) is 0 Å². The maximum absolute atomic E-state index is 12.1. The van der Waals surface area contributed by atoms with Gasteiger partial charge in [0.25, 0.3) is 11.7 Å². The van der Waals surface area contributed by atoms with Gasteiger partial charge in [-0.15, -0.1) is 0 Å². The molecule has 0 N–H and O–H groups in total. The third-order valence-corrected chi connectivity index (χ3v) is 4.46. The van der Waals surface area contributed by atoms with Crippen LogP contribution in [0.2, 0.25) is 15.1 Å². The number of benzene rings is 2. The molecule has 1 heterocycles. The highest BCUT2D eigenvalue weighted by atomic mass is 35.5. The largest absolute Gasteiger partial charge is 0.490 e. The van der Waals surface area contributed by atoms with Crippen LogP contribution in [0.5, 0.6) is 5.75 Å². The van der Waals surface area contributed by atoms with Gasteiger partial charge in [0.1, 0.15) is 17.4 Å². The number of nitrogens with zero attached hydrogens (tertiary/aromatic N) is 1. The van der Waals surface area contributed by atoms with Crippen molar-refractivity contribution in [1.29, 1.82) is 0 Å². The monoisotopic (exact) mass is 369 g/mol. The molecule has 0 bridgehead atoms. The number of anilines is 1. The summed E-state index contributed by atoms with van der Waals surface area (Å²) < 4.78 is 5.55. The number of ketones is 1. The average Bonchev–Trinajstić information content (AvgIpc) is 2.76. The van der Waals surface area contributed by atoms with Gasteiger partial charge in [0.15, 0.2) is 0 Å². The Balaban J connectivity index is 1.73. The van der Waals surface area contributed by atoms with Crippen LogP contribution in [0, 0.1) is 0 Å². The summed E-state index contributed by atoms with van der Waals surface area (Å²) in [5, 5.41) is 1.11. The first-order valence-electron chi connectivity index (χ1n) is 6.71. The minimum atomic E-state index is -0.594. The highest BCUT2D eigenvalue weighted by molar-refractivity contribution is 6.52. The molecule has 7 heteroatoms. The summed E-state index contributed by atoms with van der Waals surface area (Å²) in [5.74, 6) is -0.736. The average molecular weight is 371 g/mol. The number of halogens is 3. The molecule has 23 heavy (non-hydrogen) atoms. The smallest absolute Gasteiger partial charge is 0.299 e. The molecule has 2 aromatic carbocycles. The summed E-state index contributed by atoms with van der Waals surface area (Å²) in [6.07, 6.45) is 0. The predicted molar refractivity (Wildman–Crippen MR) is 90.1 cm³/mol. The highest BCUT2D eigenvalue weighted by Crippen LogP contribution is 2.33. The van der Waals surface area contributed by atoms with E-state index in [1.165, 1.54) is 11.0 Å². The summed E-state index contributed by atoms with van der Waals surface area (Å²) in [6.45, 7) is 0.378. The number of hydrogen-bond donors (Lipinski definition) is 0. The van der Waals surface area contributed by atoms with E-state index >= 15 is 0 Å². The van der Waals surface area contributed by atoms with Crippen LogP contribution in [0.3, 0.4) is 0 Å². The van der Waals surface area contributed by atoms with E-state index in [1.54, 1.807) is 30.3 Å². The van der Waals surface area contributed by atoms with Crippen molar-refractivity contribution in [2.45, 2.75) is 0 Å². The molecule has 118 valence electrons. The van der Waals surface area contributed by atoms with Crippen molar-refractivity contribution in [2.75, 3.05) is 18.1 Å². The Hall–Kier alpha value is -1.75. The maximum Gasteiger partial charge on any atom is 0.299 e. The fourth-order valence-electron chi connectivity index (χ4n) is 2.34. The van der Waals surface area contributed by atoms with Gasteiger partial charge in [0.2, 0.25) is 0 Å². The van der Waals surface area contributed by atoms with Gasteiger partial charge >= 0.3 is 0 Å². The number of carbonyl (C=O) groups is 2. The van der Waals surface area contributed by atoms with Crippen LogP contribution in [0.25, 0.3) is 0 Å². The molecular formula is C16H10Cl3NO3. The SMILES string of the molecule is O=C1C(=O)N(CCOc2cccc(Cl)c2Cl)c2ccc(Cl)cc21. The normalized spacial score (nSPS) is 13.4. The second-order valence-electron chi connectivity index (χ2n) is 4.85. The zero-order chi connectivity index (χ0) is 16.6. The van der Waals surface area contributed by atoms with Gasteiger partial charge in [-0.25, -0.2) is 0 Å². The second-order valence-corrected chi connectivity index (χ2v) is 6.07. The van der Waals surface area contributed by atoms with Gasteiger partial charge in [-0.2, -0.15) is 0 Å². The van der Waals surface area contributed by atoms with E-state index in [9.17, 15) is 9.59 Å². The number of carbonyl (C=O) groups excluding carboxylic acids is 2. The van der Waals surface area contributed by atoms with Crippen molar-refractivity contribution < 1.29 is 14.3 Å². The molecule has 0 spiro atoms. The molecule has 1 amide bonds. The lowest BCUT2D eigenvalue weighted by molar-refractivity contribution is -0.114. The van der Waals surface area contributed by atoms with Crippen LogP contribution in [0.15, 0.2) is 36.4 Å². The van der Waals surface area contributed by atoms with E-state index in [2.05, 4.69) is 0 Å². The van der Waals surface area contributed by atoms with Gasteiger partial charge in [0.05, 0.1) is 22.8 Å². The molecule has 1 aliphatic heterocycles. The second kappa shape index (κ2) is 6.40. The molecule has 0 saturated carbocycles. The molecule has 0 aliphatic carbocycles. The fourth-order valence-corrected chi connectivity index (χ4v) is 2.86. The van der Waals surface area contributed by atoms with Crippen LogP contribution in [-0.4, -0.2) is 24.8 Å². The van der Waals surface area contributed by atoms with Crippen molar-refractivity contribution in [3.05, 3.63) is 57.0 Å². The Morgan fingerprint density at radius 1 is 1.04 bits per heavy atom. The first-order chi connectivity index (χ1) is 11.0. The fraction of sp³-hybridized carbons (Fsp3) is 0.125. The van der Waals surface area contributed by atoms with Crippen molar-refractivity contribution in [3.8, 4) is 5.75 Å². The van der Waals surface area contributed by atoms with Gasteiger partial charge in [-0.05, 0) is 30.3 Å². The zero-order valence-corrected chi connectivity index (χ0v) is 14.0. The maximum atomic E-state index is 12.1. The predicted octanol–water partition coefficient (Wildman–Crippen LogP) is 4.26. The summed E-state index contributed by atoms with van der Waals surface area (Å²) in [4.78, 5) is 25.4. The van der Waals surface area contributed by atoms with Crippen molar-refractivity contribution in [1.82, 2.24) is 0 Å². The van der Waals surface area contributed by atoms with Gasteiger partial charge in [0, 0.05) is 5.02 Å². The molecule has 2 aromatic rings. The van der Waals surface area contributed by atoms with E-state index in [0.29, 0.717) is 32.1 Å². The summed E-state index contributed by atoms with van der Waals surface area (Å²) in [5.41, 5.74) is 0.841. The Morgan fingerprint density at radius 3 is 2.61 bits per heavy atom. The molecule has 0 aromatic heterocycles. The zero-order valence-electron chi connectivity index (χ0n) is 11.7. The van der Waals surface area contributed by atoms with Crippen LogP contribution in [-0.2, 0) is 4.79 Å². The Labute approximate surface area is 147 Å². The first kappa shape index (κ1) is 16.1. The van der Waals surface area contributed by atoms with E-state index in [0.717, 1.165) is 0 Å². The summed E-state index contributed by atoms with van der Waals surface area (Å²) in [7, 11) is 0. The summed E-state index contributed by atoms with van der Waals surface area (Å²) >= 11 is 17.8. The van der Waals surface area contributed by atoms with Gasteiger partial charge in [-0.3, -0.25) is 9.59 Å². The third-order valence-electron chi connectivity index (χ3n) is 3.42. The lowest BCUT2D eigenvalue weighted by Gasteiger charge is -2.17. The molecule has 1 aliphatic rings. The lowest BCUT2D eigenvalue weighted by Crippen LogP contribution is -2.33. The number of rotatable bonds is 4. The van der Waals surface area contributed by atoms with Gasteiger partial charge < -0.3 is 9.64 Å². The van der Waals surface area contributed by atoms with Crippen molar-refractivity contribution in [3.63, 3.8) is 0 Å². The quantitative estimate of drug-likeness (QED) is 0.756. The van der Waals surface area contributed by atoms with Gasteiger partial charge in [-0.1, -0.05) is 40.9 Å². The lowest BCUT2D eigenvalue weighted by atomic mass is 10.1. The highest BCUT2D eigenvalue weighted by Gasteiger charge is 2.35. The van der Waals surface area contributed by atoms with E-state index < -0.39 is 11.7 Å². The minimum absolute atomic E-state index is 0.168. The Bertz CT molecular complexity index is 807. The first-order valence-corrected chi connectivity index (χ1v) is 7.85. The van der Waals surface area contributed by atoms with Crippen LogP contribution in [0.1, 0.15) is 10.4 Å². The molecule has 0 atom stereocenters. The van der Waals surface area contributed by atoms with Crippen LogP contribution in [0.4, 0.5) is 5.69 Å². The van der Waals surface area contributed by atoms with Crippen molar-refractivity contribution in [2.24, 2.45) is 0 Å². The molecular weight excluding hydrogens is 361 g/mol. The minimum Gasteiger partial charge on any atom is -0.490 e. The number of amides is 1. The molecule has 0 saturated heterocycles. The van der Waals surface area contributed by atoms with Crippen LogP contribution >= 0.6 is 34.8 Å². The molecule has 0 fully saturated rings. The number of fused-ring (bicyclic) bond motifs is 1. The molecule has 0 unspecified atom stereocenters. The standard InChI is InChI=1S/C16H10Cl3NO3/c17-9-4-5-12-10(8-9)15(21)16(22)20(12)6-7-23-13-3-1-2-11(18)14(13)19/h1-5,8H,6-7H2. The molecule has 4 nitrogen and oxygen atoms in total. The molecule has 3 rings (SSSR count).